The number of hydrogen-bond donors (Lipinski definition) is 0. The number of hydrogen-bond acceptors (Lipinski definition) is 1. The largest absolute Gasteiger partial charge is 0.309 e. The van der Waals surface area contributed by atoms with E-state index >= 15 is 0 Å². The van der Waals surface area contributed by atoms with Gasteiger partial charge in [-0.25, -0.2) is 0 Å². The quantitative estimate of drug-likeness (QED) is 0.167. The first kappa shape index (κ1) is 41.7. The lowest BCUT2D eigenvalue weighted by Crippen LogP contribution is -2.33. The van der Waals surface area contributed by atoms with Gasteiger partial charge in [0.2, 0.25) is 0 Å². The van der Waals surface area contributed by atoms with Crippen molar-refractivity contribution in [3.63, 3.8) is 0 Å². The topological polar surface area (TPSA) is 8.17 Å². The van der Waals surface area contributed by atoms with Crippen LogP contribution in [0.3, 0.4) is 0 Å². The molecule has 1 unspecified atom stereocenters. The van der Waals surface area contributed by atoms with Crippen molar-refractivity contribution in [1.29, 1.82) is 0 Å². The van der Waals surface area contributed by atoms with Crippen LogP contribution in [0.1, 0.15) is 44.5 Å². The predicted octanol–water partition coefficient (Wildman–Crippen LogP) is 18.6. The maximum absolute atomic E-state index is 2.64. The number of fused-ring (bicyclic) bond motifs is 22. The first-order valence-corrected chi connectivity index (χ1v) is 26.6. The summed E-state index contributed by atoms with van der Waals surface area (Å²) in [5.74, 6) is 0. The maximum atomic E-state index is 2.64. The third-order valence-electron chi connectivity index (χ3n) is 17.6. The lowest BCUT2D eigenvalue weighted by Gasteiger charge is -2.40. The van der Waals surface area contributed by atoms with Crippen molar-refractivity contribution < 1.29 is 0 Å². The molecule has 4 aliphatic rings. The molecular weight excluding hydrogens is 917 g/mol. The van der Waals surface area contributed by atoms with Gasteiger partial charge < -0.3 is 9.47 Å². The second-order valence-corrected chi connectivity index (χ2v) is 20.9. The number of anilines is 3. The zero-order valence-corrected chi connectivity index (χ0v) is 41.5. The number of aromatic nitrogens is 1. The van der Waals surface area contributed by atoms with Gasteiger partial charge in [0.25, 0.3) is 0 Å². The lowest BCUT2D eigenvalue weighted by molar-refractivity contribution is 0.748. The summed E-state index contributed by atoms with van der Waals surface area (Å²) in [5.41, 5.74) is 28.9. The molecule has 17 rings (SSSR count). The molecule has 352 valence electrons. The maximum Gasteiger partial charge on any atom is 0.0755 e. The highest BCUT2D eigenvalue weighted by Gasteiger charge is 2.54. The van der Waals surface area contributed by atoms with Crippen LogP contribution in [0.15, 0.2) is 279 Å². The summed E-state index contributed by atoms with van der Waals surface area (Å²) in [6.07, 6.45) is 0. The fraction of sp³-hybridized carbons (Fsp3) is 0.0270. The van der Waals surface area contributed by atoms with Crippen LogP contribution in [-0.4, -0.2) is 4.57 Å². The van der Waals surface area contributed by atoms with E-state index in [1.807, 2.05) is 0 Å². The molecule has 0 radical (unpaired) electrons. The third kappa shape index (κ3) is 5.16. The summed E-state index contributed by atoms with van der Waals surface area (Å²) >= 11 is 0. The summed E-state index contributed by atoms with van der Waals surface area (Å²) in [5, 5.41) is 2.55. The number of nitrogens with zero attached hydrogens (tertiary/aromatic N) is 2. The van der Waals surface area contributed by atoms with Crippen molar-refractivity contribution in [2.45, 2.75) is 10.8 Å². The molecule has 2 heteroatoms. The molecular formula is C74H46N2. The summed E-state index contributed by atoms with van der Waals surface area (Å²) in [4.78, 5) is 2.64. The van der Waals surface area contributed by atoms with Gasteiger partial charge in [0.05, 0.1) is 44.6 Å². The SMILES string of the molecule is c1ccc(-c2ccc(-c3ccccc3N(c3cccc4c3-c3ccccc3C43c4ccccc4-c4ccccc43)c3cccc4c3-c3ccccc3C43c4ccccc4-n4c5ccccc5c5cccc3c54)cc2)cc1. The van der Waals surface area contributed by atoms with Gasteiger partial charge in [-0.1, -0.05) is 249 Å². The Bertz CT molecular complexity index is 4550. The molecule has 12 aromatic carbocycles. The van der Waals surface area contributed by atoms with Gasteiger partial charge in [0, 0.05) is 27.5 Å². The van der Waals surface area contributed by atoms with E-state index in [9.17, 15) is 0 Å². The molecule has 0 saturated carbocycles. The Morgan fingerprint density at radius 2 is 0.658 bits per heavy atom. The van der Waals surface area contributed by atoms with E-state index in [1.54, 1.807) is 0 Å². The van der Waals surface area contributed by atoms with E-state index in [-0.39, 0.29) is 0 Å². The van der Waals surface area contributed by atoms with Crippen molar-refractivity contribution in [3.05, 3.63) is 324 Å². The zero-order valence-electron chi connectivity index (χ0n) is 41.5. The summed E-state index contributed by atoms with van der Waals surface area (Å²) in [6, 6.07) is 105. The molecule has 2 spiro atoms. The molecule has 3 aliphatic carbocycles. The average molecular weight is 963 g/mol. The Hall–Kier alpha value is -9.76. The lowest BCUT2D eigenvalue weighted by atomic mass is 9.65. The van der Waals surface area contributed by atoms with Gasteiger partial charge in [-0.2, -0.15) is 0 Å². The third-order valence-corrected chi connectivity index (χ3v) is 17.6. The van der Waals surface area contributed by atoms with E-state index in [0.717, 1.165) is 28.2 Å². The van der Waals surface area contributed by atoms with Crippen molar-refractivity contribution in [2.75, 3.05) is 4.90 Å². The van der Waals surface area contributed by atoms with Crippen LogP contribution in [0.25, 0.3) is 83.1 Å². The van der Waals surface area contributed by atoms with Crippen molar-refractivity contribution in [1.82, 2.24) is 4.57 Å². The minimum absolute atomic E-state index is 0.508. The van der Waals surface area contributed by atoms with Crippen LogP contribution in [0.2, 0.25) is 0 Å². The van der Waals surface area contributed by atoms with E-state index in [1.165, 1.54) is 117 Å². The van der Waals surface area contributed by atoms with E-state index in [4.69, 9.17) is 0 Å². The first-order chi connectivity index (χ1) is 37.8. The molecule has 0 N–H and O–H groups in total. The molecule has 0 bridgehead atoms. The molecule has 1 atom stereocenters. The molecule has 1 aromatic heterocycles. The number of benzene rings is 12. The van der Waals surface area contributed by atoms with Gasteiger partial charge in [-0.15, -0.1) is 0 Å². The number of rotatable bonds is 5. The molecule has 0 fully saturated rings. The molecule has 76 heavy (non-hydrogen) atoms. The molecule has 0 amide bonds. The van der Waals surface area contributed by atoms with Crippen molar-refractivity contribution in [2.24, 2.45) is 0 Å². The van der Waals surface area contributed by atoms with Gasteiger partial charge in [-0.3, -0.25) is 0 Å². The van der Waals surface area contributed by atoms with E-state index in [0.29, 0.717) is 0 Å². The minimum Gasteiger partial charge on any atom is -0.309 e. The fourth-order valence-corrected chi connectivity index (χ4v) is 14.9. The Kier molecular flexibility index (Phi) is 8.44. The van der Waals surface area contributed by atoms with Crippen molar-refractivity contribution in [3.8, 4) is 61.3 Å². The molecule has 2 heterocycles. The molecule has 2 nitrogen and oxygen atoms in total. The Morgan fingerprint density at radius 1 is 0.250 bits per heavy atom. The Balaban J connectivity index is 0.989. The van der Waals surface area contributed by atoms with Gasteiger partial charge >= 0.3 is 0 Å². The second-order valence-electron chi connectivity index (χ2n) is 20.9. The molecule has 1 aliphatic heterocycles. The fourth-order valence-electron chi connectivity index (χ4n) is 14.9. The second kappa shape index (κ2) is 15.4. The molecule has 0 saturated heterocycles. The van der Waals surface area contributed by atoms with Crippen molar-refractivity contribution >= 4 is 38.9 Å². The van der Waals surface area contributed by atoms with Crippen LogP contribution in [-0.2, 0) is 10.8 Å². The number of para-hydroxylation sites is 4. The highest BCUT2D eigenvalue weighted by atomic mass is 15.2. The average Bonchev–Trinajstić information content (AvgIpc) is 4.36. The Labute approximate surface area is 441 Å². The van der Waals surface area contributed by atoms with E-state index in [2.05, 4.69) is 289 Å². The van der Waals surface area contributed by atoms with Crippen LogP contribution >= 0.6 is 0 Å². The summed E-state index contributed by atoms with van der Waals surface area (Å²) in [7, 11) is 0. The van der Waals surface area contributed by atoms with Gasteiger partial charge in [-0.05, 0) is 114 Å². The summed E-state index contributed by atoms with van der Waals surface area (Å²) in [6.45, 7) is 0. The minimum atomic E-state index is -0.618. The smallest absolute Gasteiger partial charge is 0.0755 e. The van der Waals surface area contributed by atoms with E-state index < -0.39 is 10.8 Å². The van der Waals surface area contributed by atoms with Gasteiger partial charge in [0.1, 0.15) is 0 Å². The van der Waals surface area contributed by atoms with Crippen LogP contribution < -0.4 is 4.90 Å². The van der Waals surface area contributed by atoms with Gasteiger partial charge in [0.15, 0.2) is 0 Å². The predicted molar refractivity (Wildman–Crippen MR) is 313 cm³/mol. The monoisotopic (exact) mass is 962 g/mol. The van der Waals surface area contributed by atoms with Crippen LogP contribution in [0, 0.1) is 0 Å². The molecule has 13 aromatic rings. The highest BCUT2D eigenvalue weighted by Crippen LogP contribution is 2.67. The van der Waals surface area contributed by atoms with Crippen LogP contribution in [0.4, 0.5) is 17.1 Å². The highest BCUT2D eigenvalue weighted by molar-refractivity contribution is 6.14. The summed E-state index contributed by atoms with van der Waals surface area (Å²) < 4.78 is 2.54. The first-order valence-electron chi connectivity index (χ1n) is 26.6. The zero-order chi connectivity index (χ0) is 49.7. The normalized spacial score (nSPS) is 15.3. The standard InChI is InChI=1S/C74H46N2/c1-2-21-47(22-3-1)48-43-45-49(46-44-48)50-23-8-15-38-65(50)75(68-41-19-35-62-70(68)55-27-6-12-32-59(55)73(62)57-30-10-4-24-51(57)52-25-5-11-31-58(52)73)69-42-20-36-63-71(69)56-28-7-13-33-60(56)74(63)61-34-14-17-40-67(61)76-66-39-16-9-26-53(66)54-29-18-37-64(74)72(54)76/h1-46H. The Morgan fingerprint density at radius 3 is 1.30 bits per heavy atom. The van der Waals surface area contributed by atoms with Crippen LogP contribution in [0.5, 0.6) is 0 Å².